The summed E-state index contributed by atoms with van der Waals surface area (Å²) in [5.74, 6) is 0. The molecule has 2 rings (SSSR count). The van der Waals surface area contributed by atoms with Gasteiger partial charge in [-0.1, -0.05) is 13.8 Å². The summed E-state index contributed by atoms with van der Waals surface area (Å²) >= 11 is 0. The van der Waals surface area contributed by atoms with Gasteiger partial charge in [-0.25, -0.2) is 0 Å². The lowest BCUT2D eigenvalue weighted by Crippen LogP contribution is -2.25. The minimum absolute atomic E-state index is 1.00. The smallest absolute Gasteiger partial charge is 0.0725 e. The molecule has 3 heteroatoms. The SMILES string of the molecule is CCN(CC)CCCNc1ccnc2cc(C)c(C)cc12. The van der Waals surface area contributed by atoms with Gasteiger partial charge in [-0.2, -0.15) is 0 Å². The molecule has 0 atom stereocenters. The first-order valence-electron chi connectivity index (χ1n) is 7.97. The number of hydrogen-bond donors (Lipinski definition) is 1. The van der Waals surface area contributed by atoms with Crippen molar-refractivity contribution < 1.29 is 0 Å². The number of nitrogens with zero attached hydrogens (tertiary/aromatic N) is 2. The van der Waals surface area contributed by atoms with Gasteiger partial charge in [0.1, 0.15) is 0 Å². The Balaban J connectivity index is 2.03. The number of pyridine rings is 1. The Bertz CT molecular complexity index is 588. The molecule has 0 radical (unpaired) electrons. The van der Waals surface area contributed by atoms with Crippen molar-refractivity contribution in [2.75, 3.05) is 31.5 Å². The number of rotatable bonds is 7. The number of aryl methyl sites for hydroxylation is 2. The number of anilines is 1. The molecule has 1 aromatic carbocycles. The largest absolute Gasteiger partial charge is 0.384 e. The Morgan fingerprint density at radius 1 is 1.10 bits per heavy atom. The first-order chi connectivity index (χ1) is 10.2. The van der Waals surface area contributed by atoms with E-state index >= 15 is 0 Å². The Morgan fingerprint density at radius 3 is 2.52 bits per heavy atom. The Kier molecular flexibility index (Phi) is 5.57. The molecule has 0 saturated heterocycles. The number of nitrogens with one attached hydrogen (secondary N) is 1. The van der Waals surface area contributed by atoms with E-state index in [9.17, 15) is 0 Å². The van der Waals surface area contributed by atoms with Crippen LogP contribution in [0.4, 0.5) is 5.69 Å². The lowest BCUT2D eigenvalue weighted by Gasteiger charge is -2.18. The molecule has 1 N–H and O–H groups in total. The van der Waals surface area contributed by atoms with E-state index < -0.39 is 0 Å². The van der Waals surface area contributed by atoms with Gasteiger partial charge in [-0.15, -0.1) is 0 Å². The van der Waals surface area contributed by atoms with E-state index in [0.717, 1.165) is 38.1 Å². The van der Waals surface area contributed by atoms with E-state index in [-0.39, 0.29) is 0 Å². The van der Waals surface area contributed by atoms with Crippen LogP contribution in [0.15, 0.2) is 24.4 Å². The zero-order valence-corrected chi connectivity index (χ0v) is 13.7. The Morgan fingerprint density at radius 2 is 1.81 bits per heavy atom. The lowest BCUT2D eigenvalue weighted by atomic mass is 10.1. The quantitative estimate of drug-likeness (QED) is 0.780. The molecule has 0 aliphatic rings. The first-order valence-corrected chi connectivity index (χ1v) is 7.97. The minimum Gasteiger partial charge on any atom is -0.384 e. The molecule has 1 aromatic heterocycles. The molecule has 0 aliphatic carbocycles. The van der Waals surface area contributed by atoms with Crippen LogP contribution in [0.2, 0.25) is 0 Å². The zero-order chi connectivity index (χ0) is 15.2. The molecule has 21 heavy (non-hydrogen) atoms. The van der Waals surface area contributed by atoms with E-state index in [4.69, 9.17) is 0 Å². The maximum Gasteiger partial charge on any atom is 0.0725 e. The molecule has 0 unspecified atom stereocenters. The molecular formula is C18H27N3. The van der Waals surface area contributed by atoms with Gasteiger partial charge in [0, 0.05) is 23.8 Å². The van der Waals surface area contributed by atoms with E-state index in [0.29, 0.717) is 0 Å². The van der Waals surface area contributed by atoms with Gasteiger partial charge in [0.05, 0.1) is 5.52 Å². The van der Waals surface area contributed by atoms with Gasteiger partial charge >= 0.3 is 0 Å². The number of hydrogen-bond acceptors (Lipinski definition) is 3. The summed E-state index contributed by atoms with van der Waals surface area (Å²) in [4.78, 5) is 6.94. The highest BCUT2D eigenvalue weighted by Gasteiger charge is 2.04. The van der Waals surface area contributed by atoms with Crippen LogP contribution < -0.4 is 5.32 Å². The monoisotopic (exact) mass is 285 g/mol. The summed E-state index contributed by atoms with van der Waals surface area (Å²) in [6, 6.07) is 6.49. The van der Waals surface area contributed by atoms with Crippen molar-refractivity contribution >= 4 is 16.6 Å². The predicted molar refractivity (Wildman–Crippen MR) is 92.1 cm³/mol. The van der Waals surface area contributed by atoms with Crippen LogP contribution in [-0.2, 0) is 0 Å². The Hall–Kier alpha value is -1.61. The summed E-state index contributed by atoms with van der Waals surface area (Å²) < 4.78 is 0. The molecule has 0 saturated carbocycles. The van der Waals surface area contributed by atoms with E-state index in [2.05, 4.69) is 61.1 Å². The molecule has 0 amide bonds. The van der Waals surface area contributed by atoms with Gasteiger partial charge < -0.3 is 10.2 Å². The van der Waals surface area contributed by atoms with Crippen molar-refractivity contribution in [1.82, 2.24) is 9.88 Å². The lowest BCUT2D eigenvalue weighted by molar-refractivity contribution is 0.303. The van der Waals surface area contributed by atoms with Crippen molar-refractivity contribution in [2.45, 2.75) is 34.1 Å². The van der Waals surface area contributed by atoms with Crippen LogP contribution in [-0.4, -0.2) is 36.1 Å². The van der Waals surface area contributed by atoms with Crippen LogP contribution in [0.25, 0.3) is 10.9 Å². The maximum absolute atomic E-state index is 4.48. The second kappa shape index (κ2) is 7.41. The fraction of sp³-hybridized carbons (Fsp3) is 0.500. The van der Waals surface area contributed by atoms with Gasteiger partial charge in [0.15, 0.2) is 0 Å². The fourth-order valence-electron chi connectivity index (χ4n) is 2.63. The first kappa shape index (κ1) is 15.8. The standard InChI is InChI=1S/C18H27N3/c1-5-21(6-2)11-7-9-19-17-8-10-20-18-13-15(4)14(3)12-16(17)18/h8,10,12-13H,5-7,9,11H2,1-4H3,(H,19,20). The predicted octanol–water partition coefficient (Wildman–Crippen LogP) is 4.00. The van der Waals surface area contributed by atoms with Gasteiger partial charge in [-0.3, -0.25) is 4.98 Å². The van der Waals surface area contributed by atoms with Crippen LogP contribution in [0, 0.1) is 13.8 Å². The molecule has 3 nitrogen and oxygen atoms in total. The Labute approximate surface area is 128 Å². The minimum atomic E-state index is 1.00. The summed E-state index contributed by atoms with van der Waals surface area (Å²) in [6.45, 7) is 13.2. The topological polar surface area (TPSA) is 28.2 Å². The van der Waals surface area contributed by atoms with E-state index in [1.54, 1.807) is 0 Å². The molecular weight excluding hydrogens is 258 g/mol. The second-order valence-corrected chi connectivity index (χ2v) is 5.62. The third-order valence-electron chi connectivity index (χ3n) is 4.22. The highest BCUT2D eigenvalue weighted by atomic mass is 15.1. The summed E-state index contributed by atoms with van der Waals surface area (Å²) in [5, 5.41) is 4.80. The molecule has 1 heterocycles. The number of fused-ring (bicyclic) bond motifs is 1. The van der Waals surface area contributed by atoms with E-state index in [1.165, 1.54) is 22.2 Å². The number of aromatic nitrogens is 1. The van der Waals surface area contributed by atoms with Crippen molar-refractivity contribution in [3.05, 3.63) is 35.5 Å². The third-order valence-corrected chi connectivity index (χ3v) is 4.22. The number of benzene rings is 1. The third kappa shape index (κ3) is 3.94. The van der Waals surface area contributed by atoms with Crippen LogP contribution in [0.3, 0.4) is 0 Å². The maximum atomic E-state index is 4.48. The van der Waals surface area contributed by atoms with Crippen LogP contribution in [0.5, 0.6) is 0 Å². The van der Waals surface area contributed by atoms with Gasteiger partial charge in [-0.05, 0) is 69.2 Å². The van der Waals surface area contributed by atoms with Gasteiger partial charge in [0.25, 0.3) is 0 Å². The van der Waals surface area contributed by atoms with Crippen LogP contribution in [0.1, 0.15) is 31.4 Å². The molecule has 0 aliphatic heterocycles. The zero-order valence-electron chi connectivity index (χ0n) is 13.7. The summed E-state index contributed by atoms with van der Waals surface area (Å²) in [5.41, 5.74) is 4.89. The second-order valence-electron chi connectivity index (χ2n) is 5.62. The van der Waals surface area contributed by atoms with Crippen molar-refractivity contribution in [3.8, 4) is 0 Å². The van der Waals surface area contributed by atoms with Crippen molar-refractivity contribution in [2.24, 2.45) is 0 Å². The van der Waals surface area contributed by atoms with Crippen molar-refractivity contribution in [1.29, 1.82) is 0 Å². The average molecular weight is 285 g/mol. The van der Waals surface area contributed by atoms with Crippen molar-refractivity contribution in [3.63, 3.8) is 0 Å². The normalized spacial score (nSPS) is 11.3. The van der Waals surface area contributed by atoms with E-state index in [1.807, 2.05) is 6.20 Å². The van der Waals surface area contributed by atoms with Crippen LogP contribution >= 0.6 is 0 Å². The molecule has 0 spiro atoms. The average Bonchev–Trinajstić information content (AvgIpc) is 2.49. The fourth-order valence-corrected chi connectivity index (χ4v) is 2.63. The summed E-state index contributed by atoms with van der Waals surface area (Å²) in [6.07, 6.45) is 3.06. The highest BCUT2D eigenvalue weighted by Crippen LogP contribution is 2.24. The molecule has 0 fully saturated rings. The summed E-state index contributed by atoms with van der Waals surface area (Å²) in [7, 11) is 0. The molecule has 0 bridgehead atoms. The molecule has 114 valence electrons. The highest BCUT2D eigenvalue weighted by molar-refractivity contribution is 5.92. The molecule has 2 aromatic rings. The van der Waals surface area contributed by atoms with Gasteiger partial charge in [0.2, 0.25) is 0 Å².